The molecule has 0 saturated carbocycles. The van der Waals surface area contributed by atoms with Crippen LogP contribution in [0, 0.1) is 12.7 Å². The van der Waals surface area contributed by atoms with Crippen LogP contribution in [0.4, 0.5) is 15.9 Å². The molecule has 2 N–H and O–H groups in total. The largest absolute Gasteiger partial charge is 0.396 e. The number of halogens is 1. The second-order valence-corrected chi connectivity index (χ2v) is 11.8. The first kappa shape index (κ1) is 28.1. The lowest BCUT2D eigenvalue weighted by atomic mass is 9.76. The van der Waals surface area contributed by atoms with Crippen LogP contribution in [0.5, 0.6) is 0 Å². The Kier molecular flexibility index (Phi) is 7.89. The van der Waals surface area contributed by atoms with Crippen LogP contribution in [0.2, 0.25) is 0 Å². The van der Waals surface area contributed by atoms with Crippen molar-refractivity contribution in [2.75, 3.05) is 31.3 Å². The number of nitrogen functional groups attached to an aromatic ring is 1. The van der Waals surface area contributed by atoms with Crippen molar-refractivity contribution in [2.45, 2.75) is 91.1 Å². The highest BCUT2D eigenvalue weighted by Crippen LogP contribution is 2.42. The molecule has 0 fully saturated rings. The van der Waals surface area contributed by atoms with E-state index in [0.29, 0.717) is 6.42 Å². The second-order valence-electron chi connectivity index (χ2n) is 11.8. The summed E-state index contributed by atoms with van der Waals surface area (Å²) in [6.07, 6.45) is 5.09. The van der Waals surface area contributed by atoms with E-state index in [1.54, 1.807) is 6.07 Å². The third kappa shape index (κ3) is 5.08. The average Bonchev–Trinajstić information content (AvgIpc) is 3.23. The zero-order chi connectivity index (χ0) is 28.7. The molecule has 7 nitrogen and oxygen atoms in total. The molecule has 1 aliphatic heterocycles. The highest BCUT2D eigenvalue weighted by molar-refractivity contribution is 5.59. The number of fused-ring (bicyclic) bond motifs is 2. The lowest BCUT2D eigenvalue weighted by molar-refractivity contribution is 0.513. The highest BCUT2D eigenvalue weighted by atomic mass is 19.1. The number of aryl methyl sites for hydroxylation is 3. The van der Waals surface area contributed by atoms with Gasteiger partial charge in [0.1, 0.15) is 23.2 Å². The van der Waals surface area contributed by atoms with Crippen molar-refractivity contribution in [3.05, 3.63) is 69.7 Å². The molecule has 2 aliphatic rings. The van der Waals surface area contributed by atoms with E-state index in [9.17, 15) is 0 Å². The van der Waals surface area contributed by atoms with E-state index in [-0.39, 0.29) is 23.3 Å². The molecule has 3 aromatic rings. The van der Waals surface area contributed by atoms with Gasteiger partial charge in [-0.2, -0.15) is 5.10 Å². The third-order valence-electron chi connectivity index (χ3n) is 8.86. The average molecular weight is 546 g/mol. The summed E-state index contributed by atoms with van der Waals surface area (Å²) < 4.78 is 17.8. The highest BCUT2D eigenvalue weighted by Gasteiger charge is 2.32. The van der Waals surface area contributed by atoms with E-state index in [1.807, 2.05) is 19.0 Å². The lowest BCUT2D eigenvalue weighted by Gasteiger charge is -2.32. The van der Waals surface area contributed by atoms with E-state index in [4.69, 9.17) is 20.8 Å². The topological polar surface area (TPSA) is 76.1 Å². The molecule has 0 bridgehead atoms. The first-order valence-electron chi connectivity index (χ1n) is 14.8. The maximum absolute atomic E-state index is 15.7. The van der Waals surface area contributed by atoms with Gasteiger partial charge in [0.15, 0.2) is 0 Å². The SMILES string of the molecule is C=C(c1cc2n(n1)CCCN(c1nc(CC)nc3c1CCC(c1c(F)c(N)cc(C)c1C(C)CC)C3)C2)N(C)C. The number of rotatable bonds is 7. The van der Waals surface area contributed by atoms with Crippen LogP contribution in [0.3, 0.4) is 0 Å². The Labute approximate surface area is 238 Å². The third-order valence-corrected chi connectivity index (χ3v) is 8.86. The molecule has 0 amide bonds. The Bertz CT molecular complexity index is 1420. The van der Waals surface area contributed by atoms with Crippen LogP contribution in [0.25, 0.3) is 5.70 Å². The molecule has 1 aromatic carbocycles. The van der Waals surface area contributed by atoms with Gasteiger partial charge >= 0.3 is 0 Å². The molecule has 8 heteroatoms. The minimum atomic E-state index is -0.241. The number of nitrogens with two attached hydrogens (primary N) is 1. The molecule has 0 radical (unpaired) electrons. The standard InChI is InChI=1S/C32H44FN7/c1-8-19(3)29-20(4)15-25(34)31(33)30(29)22-11-12-24-27(16-22)35-28(9-2)36-32(24)39-13-10-14-40-23(18-39)17-26(37-40)21(5)38(6)7/h15,17,19,22H,5,8-14,16,18,34H2,1-4,6-7H3. The molecular weight excluding hydrogens is 501 g/mol. The van der Waals surface area contributed by atoms with Gasteiger partial charge in [0.2, 0.25) is 0 Å². The van der Waals surface area contributed by atoms with Crippen LogP contribution in [0.1, 0.15) is 97.0 Å². The van der Waals surface area contributed by atoms with E-state index in [1.165, 1.54) is 11.3 Å². The number of hydrogen-bond donors (Lipinski definition) is 1. The Morgan fingerprint density at radius 3 is 2.70 bits per heavy atom. The van der Waals surface area contributed by atoms with Gasteiger partial charge < -0.3 is 15.5 Å². The van der Waals surface area contributed by atoms with Crippen LogP contribution < -0.4 is 10.6 Å². The van der Waals surface area contributed by atoms with Crippen molar-refractivity contribution >= 4 is 17.2 Å². The molecule has 214 valence electrons. The van der Waals surface area contributed by atoms with Crippen molar-refractivity contribution < 1.29 is 4.39 Å². The van der Waals surface area contributed by atoms with Gasteiger partial charge in [0.05, 0.1) is 29.3 Å². The second kappa shape index (κ2) is 11.2. The number of hydrogen-bond acceptors (Lipinski definition) is 6. The quantitative estimate of drug-likeness (QED) is 0.368. The molecule has 3 heterocycles. The Morgan fingerprint density at radius 1 is 1.23 bits per heavy atom. The van der Waals surface area contributed by atoms with Gasteiger partial charge in [-0.05, 0) is 79.7 Å². The minimum absolute atomic E-state index is 0.0522. The lowest BCUT2D eigenvalue weighted by Crippen LogP contribution is -2.28. The first-order valence-corrected chi connectivity index (χ1v) is 14.8. The first-order chi connectivity index (χ1) is 19.1. The molecule has 1 aliphatic carbocycles. The maximum Gasteiger partial charge on any atom is 0.149 e. The number of benzene rings is 1. The monoisotopic (exact) mass is 545 g/mol. The van der Waals surface area contributed by atoms with Crippen molar-refractivity contribution in [1.82, 2.24) is 24.6 Å². The predicted octanol–water partition coefficient (Wildman–Crippen LogP) is 5.99. The molecule has 0 spiro atoms. The number of aromatic nitrogens is 4. The van der Waals surface area contributed by atoms with Crippen molar-refractivity contribution in [1.29, 1.82) is 0 Å². The summed E-state index contributed by atoms with van der Waals surface area (Å²) in [7, 11) is 3.99. The van der Waals surface area contributed by atoms with Crippen LogP contribution >= 0.6 is 0 Å². The summed E-state index contributed by atoms with van der Waals surface area (Å²) in [5, 5.41) is 4.85. The maximum atomic E-state index is 15.7. The van der Waals surface area contributed by atoms with Crippen molar-refractivity contribution in [3.8, 4) is 0 Å². The van der Waals surface area contributed by atoms with Crippen LogP contribution in [0.15, 0.2) is 18.7 Å². The predicted molar refractivity (Wildman–Crippen MR) is 161 cm³/mol. The van der Waals surface area contributed by atoms with E-state index in [0.717, 1.165) is 97.2 Å². The fraction of sp³-hybridized carbons (Fsp3) is 0.531. The van der Waals surface area contributed by atoms with Gasteiger partial charge in [-0.25, -0.2) is 14.4 Å². The zero-order valence-corrected chi connectivity index (χ0v) is 25.0. The number of anilines is 2. The summed E-state index contributed by atoms with van der Waals surface area (Å²) in [6.45, 7) is 15.2. The summed E-state index contributed by atoms with van der Waals surface area (Å²) in [5.74, 6) is 1.97. The fourth-order valence-electron chi connectivity index (χ4n) is 6.44. The van der Waals surface area contributed by atoms with Gasteiger partial charge in [-0.3, -0.25) is 4.68 Å². The summed E-state index contributed by atoms with van der Waals surface area (Å²) in [4.78, 5) is 14.5. The summed E-state index contributed by atoms with van der Waals surface area (Å²) in [5.41, 5.74) is 14.7. The smallest absolute Gasteiger partial charge is 0.149 e. The normalized spacial score (nSPS) is 17.7. The van der Waals surface area contributed by atoms with Gasteiger partial charge in [0.25, 0.3) is 0 Å². The summed E-state index contributed by atoms with van der Waals surface area (Å²) in [6, 6.07) is 3.96. The zero-order valence-electron chi connectivity index (χ0n) is 25.0. The van der Waals surface area contributed by atoms with Gasteiger partial charge in [-0.15, -0.1) is 0 Å². The fourth-order valence-corrected chi connectivity index (χ4v) is 6.44. The van der Waals surface area contributed by atoms with Gasteiger partial charge in [-0.1, -0.05) is 27.4 Å². The van der Waals surface area contributed by atoms with Crippen molar-refractivity contribution in [3.63, 3.8) is 0 Å². The van der Waals surface area contributed by atoms with E-state index in [2.05, 4.69) is 49.9 Å². The van der Waals surface area contributed by atoms with Crippen LogP contribution in [-0.4, -0.2) is 45.3 Å². The minimum Gasteiger partial charge on any atom is -0.396 e. The molecule has 2 aromatic heterocycles. The molecule has 5 rings (SSSR count). The molecule has 2 unspecified atom stereocenters. The molecule has 40 heavy (non-hydrogen) atoms. The number of nitrogens with zero attached hydrogens (tertiary/aromatic N) is 6. The van der Waals surface area contributed by atoms with E-state index >= 15 is 4.39 Å². The molecule has 2 atom stereocenters. The summed E-state index contributed by atoms with van der Waals surface area (Å²) >= 11 is 0. The Hall–Kier alpha value is -3.42. The van der Waals surface area contributed by atoms with E-state index < -0.39 is 0 Å². The van der Waals surface area contributed by atoms with Gasteiger partial charge in [0, 0.05) is 39.2 Å². The van der Waals surface area contributed by atoms with Crippen LogP contribution in [-0.2, 0) is 32.4 Å². The Balaban J connectivity index is 1.51. The molecule has 0 saturated heterocycles. The van der Waals surface area contributed by atoms with Crippen molar-refractivity contribution in [2.24, 2.45) is 0 Å². The molecular formula is C32H44FN7. The Morgan fingerprint density at radius 2 is 2.00 bits per heavy atom.